The number of alkyl carbamates (subject to hydrolysis) is 1. The van der Waals surface area contributed by atoms with Crippen molar-refractivity contribution < 1.29 is 23.8 Å². The number of hydrogen-bond acceptors (Lipinski definition) is 5. The zero-order valence-corrected chi connectivity index (χ0v) is 12.7. The molecular weight excluding hydrogens is 298 g/mol. The van der Waals surface area contributed by atoms with Gasteiger partial charge in [0.2, 0.25) is 0 Å². The Balaban J connectivity index is 1.87. The number of nitrogens with one attached hydrogen (secondary N) is 1. The summed E-state index contributed by atoms with van der Waals surface area (Å²) in [5.74, 6) is 1.15. The standard InChI is InChI=1S/C17H17NO5/c1-2-21-17(20)18-16(19)12-22-14-9-6-10-15(11-14)23-13-7-4-3-5-8-13/h3-11H,2,12H2,1H3,(H,18,19,20). The van der Waals surface area contributed by atoms with E-state index in [0.717, 1.165) is 0 Å². The first-order chi connectivity index (χ1) is 11.2. The van der Waals surface area contributed by atoms with E-state index in [0.29, 0.717) is 17.2 Å². The molecule has 0 heterocycles. The lowest BCUT2D eigenvalue weighted by molar-refractivity contribution is -0.122. The van der Waals surface area contributed by atoms with Crippen molar-refractivity contribution >= 4 is 12.0 Å². The average molecular weight is 315 g/mol. The molecule has 0 aromatic heterocycles. The van der Waals surface area contributed by atoms with E-state index in [2.05, 4.69) is 4.74 Å². The van der Waals surface area contributed by atoms with Gasteiger partial charge in [-0.05, 0) is 31.2 Å². The first-order valence-electron chi connectivity index (χ1n) is 7.09. The van der Waals surface area contributed by atoms with E-state index in [1.165, 1.54) is 0 Å². The molecule has 0 radical (unpaired) electrons. The van der Waals surface area contributed by atoms with Crippen molar-refractivity contribution in [2.75, 3.05) is 13.2 Å². The molecule has 23 heavy (non-hydrogen) atoms. The zero-order valence-electron chi connectivity index (χ0n) is 12.7. The molecule has 120 valence electrons. The van der Waals surface area contributed by atoms with Crippen LogP contribution in [0.5, 0.6) is 17.2 Å². The van der Waals surface area contributed by atoms with Crippen LogP contribution in [0.4, 0.5) is 4.79 Å². The SMILES string of the molecule is CCOC(=O)NC(=O)COc1cccc(Oc2ccccc2)c1. The number of hydrogen-bond donors (Lipinski definition) is 1. The summed E-state index contributed by atoms with van der Waals surface area (Å²) in [5, 5.41) is 2.05. The lowest BCUT2D eigenvalue weighted by atomic mass is 10.3. The molecule has 0 bridgehead atoms. The third-order valence-corrected chi connectivity index (χ3v) is 2.67. The van der Waals surface area contributed by atoms with Crippen molar-refractivity contribution in [3.05, 3.63) is 54.6 Å². The van der Waals surface area contributed by atoms with Gasteiger partial charge in [-0.15, -0.1) is 0 Å². The third-order valence-electron chi connectivity index (χ3n) is 2.67. The molecule has 6 nitrogen and oxygen atoms in total. The van der Waals surface area contributed by atoms with Crippen molar-refractivity contribution in [2.45, 2.75) is 6.92 Å². The smallest absolute Gasteiger partial charge is 0.413 e. The number of imide groups is 1. The van der Waals surface area contributed by atoms with Gasteiger partial charge in [-0.3, -0.25) is 10.1 Å². The maximum Gasteiger partial charge on any atom is 0.413 e. The first-order valence-corrected chi connectivity index (χ1v) is 7.09. The molecule has 0 fully saturated rings. The summed E-state index contributed by atoms with van der Waals surface area (Å²) in [6.07, 6.45) is -0.790. The summed E-state index contributed by atoms with van der Waals surface area (Å²) < 4.78 is 15.6. The number of ether oxygens (including phenoxy) is 3. The maximum atomic E-state index is 11.5. The van der Waals surface area contributed by atoms with Crippen molar-refractivity contribution in [1.29, 1.82) is 0 Å². The molecule has 2 rings (SSSR count). The molecule has 6 heteroatoms. The van der Waals surface area contributed by atoms with E-state index >= 15 is 0 Å². The van der Waals surface area contributed by atoms with Crippen molar-refractivity contribution in [1.82, 2.24) is 5.32 Å². The Bertz CT molecular complexity index is 657. The summed E-state index contributed by atoms with van der Waals surface area (Å²) in [6.45, 7) is 1.55. The van der Waals surface area contributed by atoms with Crippen LogP contribution < -0.4 is 14.8 Å². The monoisotopic (exact) mass is 315 g/mol. The Hall–Kier alpha value is -3.02. The van der Waals surface area contributed by atoms with Crippen molar-refractivity contribution in [3.8, 4) is 17.2 Å². The molecule has 0 aliphatic rings. The van der Waals surface area contributed by atoms with Gasteiger partial charge in [-0.1, -0.05) is 24.3 Å². The van der Waals surface area contributed by atoms with E-state index in [4.69, 9.17) is 9.47 Å². The largest absolute Gasteiger partial charge is 0.484 e. The molecule has 0 aliphatic carbocycles. The lowest BCUT2D eigenvalue weighted by Gasteiger charge is -2.09. The summed E-state index contributed by atoms with van der Waals surface area (Å²) >= 11 is 0. The van der Waals surface area contributed by atoms with Gasteiger partial charge >= 0.3 is 6.09 Å². The van der Waals surface area contributed by atoms with Gasteiger partial charge in [0, 0.05) is 6.07 Å². The fourth-order valence-corrected chi connectivity index (χ4v) is 1.72. The number of carbonyl (C=O) groups excluding carboxylic acids is 2. The zero-order chi connectivity index (χ0) is 16.5. The molecule has 2 aromatic rings. The Kier molecular flexibility index (Phi) is 5.99. The second-order valence-electron chi connectivity index (χ2n) is 4.45. The minimum atomic E-state index is -0.790. The van der Waals surface area contributed by atoms with Gasteiger partial charge in [0.05, 0.1) is 6.61 Å². The predicted molar refractivity (Wildman–Crippen MR) is 83.6 cm³/mol. The highest BCUT2D eigenvalue weighted by Gasteiger charge is 2.09. The number of carbonyl (C=O) groups is 2. The van der Waals surface area contributed by atoms with Gasteiger partial charge in [-0.25, -0.2) is 4.79 Å². The molecule has 0 saturated heterocycles. The van der Waals surface area contributed by atoms with Crippen LogP contribution in [0.1, 0.15) is 6.92 Å². The van der Waals surface area contributed by atoms with Crippen LogP contribution in [0.25, 0.3) is 0 Å². The van der Waals surface area contributed by atoms with Crippen molar-refractivity contribution in [3.63, 3.8) is 0 Å². The summed E-state index contributed by atoms with van der Waals surface area (Å²) in [7, 11) is 0. The number of benzene rings is 2. The average Bonchev–Trinajstić information content (AvgIpc) is 2.54. The summed E-state index contributed by atoms with van der Waals surface area (Å²) in [5.41, 5.74) is 0. The molecule has 0 unspecified atom stereocenters. The third kappa shape index (κ3) is 5.70. The molecule has 0 spiro atoms. The van der Waals surface area contributed by atoms with Crippen LogP contribution in [-0.4, -0.2) is 25.2 Å². The van der Waals surface area contributed by atoms with E-state index in [1.807, 2.05) is 35.6 Å². The molecule has 0 atom stereocenters. The van der Waals surface area contributed by atoms with Crippen LogP contribution >= 0.6 is 0 Å². The normalized spacial score (nSPS) is 9.78. The first kappa shape index (κ1) is 16.4. The van der Waals surface area contributed by atoms with Crippen LogP contribution in [0.2, 0.25) is 0 Å². The van der Waals surface area contributed by atoms with E-state index < -0.39 is 12.0 Å². The second-order valence-corrected chi connectivity index (χ2v) is 4.45. The molecule has 0 aliphatic heterocycles. The minimum Gasteiger partial charge on any atom is -0.484 e. The second kappa shape index (κ2) is 8.43. The van der Waals surface area contributed by atoms with Gasteiger partial charge < -0.3 is 14.2 Å². The number of para-hydroxylation sites is 1. The van der Waals surface area contributed by atoms with E-state index in [1.54, 1.807) is 31.2 Å². The highest BCUT2D eigenvalue weighted by Crippen LogP contribution is 2.24. The molecule has 2 amide bonds. The van der Waals surface area contributed by atoms with Crippen molar-refractivity contribution in [2.24, 2.45) is 0 Å². The van der Waals surface area contributed by atoms with E-state index in [-0.39, 0.29) is 13.2 Å². The Morgan fingerprint density at radius 3 is 2.39 bits per heavy atom. The van der Waals surface area contributed by atoms with Gasteiger partial charge in [-0.2, -0.15) is 0 Å². The molecule has 1 N–H and O–H groups in total. The highest BCUT2D eigenvalue weighted by atomic mass is 16.5. The topological polar surface area (TPSA) is 73.9 Å². The Labute approximate surface area is 134 Å². The van der Waals surface area contributed by atoms with Crippen LogP contribution in [0.15, 0.2) is 54.6 Å². The summed E-state index contributed by atoms with van der Waals surface area (Å²) in [4.78, 5) is 22.6. The van der Waals surface area contributed by atoms with Crippen LogP contribution in [0.3, 0.4) is 0 Å². The lowest BCUT2D eigenvalue weighted by Crippen LogP contribution is -2.34. The van der Waals surface area contributed by atoms with Crippen LogP contribution in [-0.2, 0) is 9.53 Å². The van der Waals surface area contributed by atoms with Gasteiger partial charge in [0.1, 0.15) is 17.2 Å². The number of amides is 2. The number of rotatable bonds is 6. The van der Waals surface area contributed by atoms with E-state index in [9.17, 15) is 9.59 Å². The predicted octanol–water partition coefficient (Wildman–Crippen LogP) is 3.13. The Morgan fingerprint density at radius 1 is 0.957 bits per heavy atom. The van der Waals surface area contributed by atoms with Gasteiger partial charge in [0.25, 0.3) is 5.91 Å². The molecule has 0 saturated carbocycles. The Morgan fingerprint density at radius 2 is 1.65 bits per heavy atom. The fraction of sp³-hybridized carbons (Fsp3) is 0.176. The van der Waals surface area contributed by atoms with Crippen LogP contribution in [0, 0.1) is 0 Å². The molecular formula is C17H17NO5. The maximum absolute atomic E-state index is 11.5. The minimum absolute atomic E-state index is 0.193. The summed E-state index contributed by atoms with van der Waals surface area (Å²) in [6, 6.07) is 16.2. The molecule has 2 aromatic carbocycles. The quantitative estimate of drug-likeness (QED) is 0.886. The fourth-order valence-electron chi connectivity index (χ4n) is 1.72. The highest BCUT2D eigenvalue weighted by molar-refractivity contribution is 5.92. The van der Waals surface area contributed by atoms with Gasteiger partial charge in [0.15, 0.2) is 6.61 Å².